The molecule has 1 aromatic rings. The number of hydrogen-bond acceptors (Lipinski definition) is 3. The molecule has 4 heteroatoms. The standard InChI is InChI=1S/C14H17ClO2S/c1-10(16)7-11-4-5-14(13(15)8-11)17-12-3-2-6-18-9-12/h4-5,8,12H,2-3,6-7,9H2,1H3. The average molecular weight is 285 g/mol. The second kappa shape index (κ2) is 6.48. The summed E-state index contributed by atoms with van der Waals surface area (Å²) < 4.78 is 5.91. The number of halogens is 1. The van der Waals surface area contributed by atoms with Crippen molar-refractivity contribution in [1.29, 1.82) is 0 Å². The highest BCUT2D eigenvalue weighted by atomic mass is 35.5. The molecule has 1 aliphatic rings. The first-order valence-corrected chi connectivity index (χ1v) is 7.70. The van der Waals surface area contributed by atoms with E-state index in [-0.39, 0.29) is 11.9 Å². The molecule has 1 heterocycles. The zero-order valence-corrected chi connectivity index (χ0v) is 12.0. The number of Topliss-reactive ketones (excluding diaryl/α,β-unsaturated/α-hetero) is 1. The summed E-state index contributed by atoms with van der Waals surface area (Å²) in [6.07, 6.45) is 2.99. The lowest BCUT2D eigenvalue weighted by atomic mass is 10.1. The van der Waals surface area contributed by atoms with E-state index < -0.39 is 0 Å². The summed E-state index contributed by atoms with van der Waals surface area (Å²) in [6, 6.07) is 5.62. The molecule has 1 fully saturated rings. The molecule has 0 saturated carbocycles. The fourth-order valence-corrected chi connectivity index (χ4v) is 3.30. The number of rotatable bonds is 4. The van der Waals surface area contributed by atoms with Gasteiger partial charge in [-0.15, -0.1) is 0 Å². The molecule has 1 atom stereocenters. The lowest BCUT2D eigenvalue weighted by Crippen LogP contribution is -2.23. The van der Waals surface area contributed by atoms with Crippen LogP contribution in [0.25, 0.3) is 0 Å². The van der Waals surface area contributed by atoms with Gasteiger partial charge in [0.25, 0.3) is 0 Å². The van der Waals surface area contributed by atoms with Crippen molar-refractivity contribution < 1.29 is 9.53 Å². The number of carbonyl (C=O) groups is 1. The SMILES string of the molecule is CC(=O)Cc1ccc(OC2CCCSC2)c(Cl)c1. The Labute approximate surface area is 117 Å². The van der Waals surface area contributed by atoms with Crippen molar-refractivity contribution in [2.24, 2.45) is 0 Å². The van der Waals surface area contributed by atoms with Crippen molar-refractivity contribution in [2.45, 2.75) is 32.3 Å². The Balaban J connectivity index is 2.02. The molecule has 0 amide bonds. The molecule has 98 valence electrons. The average Bonchev–Trinajstić information content (AvgIpc) is 2.33. The van der Waals surface area contributed by atoms with Crippen LogP contribution in [-0.4, -0.2) is 23.4 Å². The normalized spacial score (nSPS) is 19.6. The summed E-state index contributed by atoms with van der Waals surface area (Å²) in [5.41, 5.74) is 0.942. The quantitative estimate of drug-likeness (QED) is 0.842. The topological polar surface area (TPSA) is 26.3 Å². The Hall–Kier alpha value is -0.670. The summed E-state index contributed by atoms with van der Waals surface area (Å²) in [6.45, 7) is 1.58. The molecule has 1 aliphatic heterocycles. The monoisotopic (exact) mass is 284 g/mol. The third-order valence-electron chi connectivity index (χ3n) is 2.86. The maximum absolute atomic E-state index is 11.0. The first-order chi connectivity index (χ1) is 8.65. The van der Waals surface area contributed by atoms with E-state index in [1.165, 1.54) is 12.2 Å². The lowest BCUT2D eigenvalue weighted by Gasteiger charge is -2.23. The zero-order chi connectivity index (χ0) is 13.0. The van der Waals surface area contributed by atoms with Crippen LogP contribution in [0.3, 0.4) is 0 Å². The third-order valence-corrected chi connectivity index (χ3v) is 4.34. The summed E-state index contributed by atoms with van der Waals surface area (Å²) >= 11 is 8.12. The van der Waals surface area contributed by atoms with E-state index in [1.54, 1.807) is 6.92 Å². The minimum atomic E-state index is 0.142. The molecule has 1 aromatic carbocycles. The minimum absolute atomic E-state index is 0.142. The first kappa shape index (κ1) is 13.8. The van der Waals surface area contributed by atoms with Gasteiger partial charge in [-0.1, -0.05) is 17.7 Å². The predicted octanol–water partition coefficient (Wildman–Crippen LogP) is 3.75. The van der Waals surface area contributed by atoms with Crippen LogP contribution in [0.4, 0.5) is 0 Å². The van der Waals surface area contributed by atoms with Crippen molar-refractivity contribution in [1.82, 2.24) is 0 Å². The summed E-state index contributed by atoms with van der Waals surface area (Å²) in [7, 11) is 0. The molecule has 18 heavy (non-hydrogen) atoms. The van der Waals surface area contributed by atoms with Crippen molar-refractivity contribution in [2.75, 3.05) is 11.5 Å². The van der Waals surface area contributed by atoms with E-state index in [9.17, 15) is 4.79 Å². The van der Waals surface area contributed by atoms with Gasteiger partial charge < -0.3 is 4.74 Å². The van der Waals surface area contributed by atoms with E-state index in [0.717, 1.165) is 23.5 Å². The molecule has 0 spiro atoms. The Morgan fingerprint density at radius 3 is 3.00 bits per heavy atom. The molecule has 1 saturated heterocycles. The molecule has 0 N–H and O–H groups in total. The second-order valence-electron chi connectivity index (χ2n) is 4.60. The number of thioether (sulfide) groups is 1. The van der Waals surface area contributed by atoms with Crippen LogP contribution in [0.15, 0.2) is 18.2 Å². The van der Waals surface area contributed by atoms with Crippen LogP contribution < -0.4 is 4.74 Å². The molecule has 0 aromatic heterocycles. The summed E-state index contributed by atoms with van der Waals surface area (Å²) in [5, 5.41) is 0.601. The zero-order valence-electron chi connectivity index (χ0n) is 10.4. The fourth-order valence-electron chi connectivity index (χ4n) is 2.02. The van der Waals surface area contributed by atoms with Crippen molar-refractivity contribution in [3.8, 4) is 5.75 Å². The number of benzene rings is 1. The number of carbonyl (C=O) groups excluding carboxylic acids is 1. The van der Waals surface area contributed by atoms with Gasteiger partial charge in [-0.25, -0.2) is 0 Å². The molecular formula is C14H17ClO2S. The van der Waals surface area contributed by atoms with Gasteiger partial charge in [0.15, 0.2) is 0 Å². The molecule has 1 unspecified atom stereocenters. The van der Waals surface area contributed by atoms with Gasteiger partial charge in [-0.05, 0) is 43.2 Å². The lowest BCUT2D eigenvalue weighted by molar-refractivity contribution is -0.116. The van der Waals surface area contributed by atoms with E-state index in [2.05, 4.69) is 0 Å². The molecular weight excluding hydrogens is 268 g/mol. The number of ketones is 1. The summed E-state index contributed by atoms with van der Waals surface area (Å²) in [4.78, 5) is 11.0. The van der Waals surface area contributed by atoms with Crippen molar-refractivity contribution in [3.63, 3.8) is 0 Å². The molecule has 0 bridgehead atoms. The first-order valence-electron chi connectivity index (χ1n) is 6.17. The molecule has 0 aliphatic carbocycles. The Kier molecular flexibility index (Phi) is 4.95. The Morgan fingerprint density at radius 1 is 1.56 bits per heavy atom. The van der Waals surface area contributed by atoms with Crippen molar-refractivity contribution >= 4 is 29.1 Å². The van der Waals surface area contributed by atoms with Crippen LogP contribution in [0.1, 0.15) is 25.3 Å². The van der Waals surface area contributed by atoms with E-state index >= 15 is 0 Å². The minimum Gasteiger partial charge on any atom is -0.488 e. The maximum Gasteiger partial charge on any atom is 0.138 e. The highest BCUT2D eigenvalue weighted by Crippen LogP contribution is 2.29. The van der Waals surface area contributed by atoms with E-state index in [4.69, 9.17) is 16.3 Å². The molecule has 2 nitrogen and oxygen atoms in total. The maximum atomic E-state index is 11.0. The number of hydrogen-bond donors (Lipinski definition) is 0. The van der Waals surface area contributed by atoms with Gasteiger partial charge in [0, 0.05) is 12.2 Å². The smallest absolute Gasteiger partial charge is 0.138 e. The van der Waals surface area contributed by atoms with Crippen LogP contribution in [0.2, 0.25) is 5.02 Å². The van der Waals surface area contributed by atoms with Gasteiger partial charge in [-0.2, -0.15) is 11.8 Å². The number of ether oxygens (including phenoxy) is 1. The Morgan fingerprint density at radius 2 is 2.39 bits per heavy atom. The second-order valence-corrected chi connectivity index (χ2v) is 6.16. The van der Waals surface area contributed by atoms with Crippen LogP contribution >= 0.6 is 23.4 Å². The van der Waals surface area contributed by atoms with Crippen LogP contribution in [0, 0.1) is 0 Å². The highest BCUT2D eigenvalue weighted by Gasteiger charge is 2.16. The molecule has 2 rings (SSSR count). The van der Waals surface area contributed by atoms with E-state index in [1.807, 2.05) is 30.0 Å². The highest BCUT2D eigenvalue weighted by molar-refractivity contribution is 7.99. The van der Waals surface area contributed by atoms with Crippen LogP contribution in [0.5, 0.6) is 5.75 Å². The van der Waals surface area contributed by atoms with Gasteiger partial charge in [0.05, 0.1) is 5.02 Å². The third kappa shape index (κ3) is 3.92. The van der Waals surface area contributed by atoms with Gasteiger partial charge in [-0.3, -0.25) is 4.79 Å². The fraction of sp³-hybridized carbons (Fsp3) is 0.500. The Bertz CT molecular complexity index is 428. The van der Waals surface area contributed by atoms with Gasteiger partial charge >= 0.3 is 0 Å². The largest absolute Gasteiger partial charge is 0.488 e. The van der Waals surface area contributed by atoms with Crippen molar-refractivity contribution in [3.05, 3.63) is 28.8 Å². The van der Waals surface area contributed by atoms with Crippen LogP contribution in [-0.2, 0) is 11.2 Å². The van der Waals surface area contributed by atoms with Gasteiger partial charge in [0.1, 0.15) is 17.6 Å². The van der Waals surface area contributed by atoms with Gasteiger partial charge in [0.2, 0.25) is 0 Å². The predicted molar refractivity (Wildman–Crippen MR) is 76.8 cm³/mol. The molecule has 0 radical (unpaired) electrons. The van der Waals surface area contributed by atoms with E-state index in [0.29, 0.717) is 11.4 Å². The summed E-state index contributed by atoms with van der Waals surface area (Å²) in [5.74, 6) is 3.14.